The summed E-state index contributed by atoms with van der Waals surface area (Å²) in [5, 5.41) is 5.86. The van der Waals surface area contributed by atoms with Gasteiger partial charge in [-0.3, -0.25) is 9.69 Å². The SMILES string of the molecule is COc1cc(C=NNC(=O)CCN2CCN(c3ccccc3)CC2)ccc1OC(=O)c1cccs1. The molecule has 1 fully saturated rings. The molecule has 0 unspecified atom stereocenters. The van der Waals surface area contributed by atoms with E-state index in [0.717, 1.165) is 26.2 Å². The summed E-state index contributed by atoms with van der Waals surface area (Å²) in [6.45, 7) is 4.44. The Kier molecular flexibility index (Phi) is 8.48. The second-order valence-corrected chi connectivity index (χ2v) is 8.93. The predicted molar refractivity (Wildman–Crippen MR) is 138 cm³/mol. The van der Waals surface area contributed by atoms with Gasteiger partial charge in [0.2, 0.25) is 5.91 Å². The Labute approximate surface area is 208 Å². The van der Waals surface area contributed by atoms with Gasteiger partial charge in [-0.1, -0.05) is 24.3 Å². The molecule has 1 aliphatic heterocycles. The van der Waals surface area contributed by atoms with Crippen molar-refractivity contribution in [1.29, 1.82) is 0 Å². The fourth-order valence-electron chi connectivity index (χ4n) is 3.76. The number of amides is 1. The molecule has 8 nitrogen and oxygen atoms in total. The fourth-order valence-corrected chi connectivity index (χ4v) is 4.36. The Morgan fingerprint density at radius 2 is 1.83 bits per heavy atom. The smallest absolute Gasteiger partial charge is 0.353 e. The molecule has 2 aromatic carbocycles. The molecule has 0 saturated carbocycles. The Morgan fingerprint density at radius 1 is 1.03 bits per heavy atom. The first-order valence-electron chi connectivity index (χ1n) is 11.4. The topological polar surface area (TPSA) is 83.5 Å². The third-order valence-corrected chi connectivity index (χ3v) is 6.51. The lowest BCUT2D eigenvalue weighted by Gasteiger charge is -2.36. The van der Waals surface area contributed by atoms with Crippen LogP contribution in [0.1, 0.15) is 21.7 Å². The highest BCUT2D eigenvalue weighted by Gasteiger charge is 2.17. The maximum Gasteiger partial charge on any atom is 0.353 e. The van der Waals surface area contributed by atoms with Crippen molar-refractivity contribution in [3.63, 3.8) is 0 Å². The second-order valence-electron chi connectivity index (χ2n) is 7.98. The third kappa shape index (κ3) is 6.91. The molecule has 0 atom stereocenters. The first-order valence-corrected chi connectivity index (χ1v) is 12.3. The number of anilines is 1. The minimum Gasteiger partial charge on any atom is -0.493 e. The van der Waals surface area contributed by atoms with Gasteiger partial charge < -0.3 is 14.4 Å². The number of ether oxygens (including phenoxy) is 2. The van der Waals surface area contributed by atoms with Crippen molar-refractivity contribution in [2.45, 2.75) is 6.42 Å². The summed E-state index contributed by atoms with van der Waals surface area (Å²) in [5.41, 5.74) is 4.52. The van der Waals surface area contributed by atoms with Crippen LogP contribution in [0.2, 0.25) is 0 Å². The van der Waals surface area contributed by atoms with Gasteiger partial charge >= 0.3 is 5.97 Å². The van der Waals surface area contributed by atoms with Gasteiger partial charge in [-0.2, -0.15) is 5.10 Å². The zero-order chi connectivity index (χ0) is 24.5. The highest BCUT2D eigenvalue weighted by atomic mass is 32.1. The number of esters is 1. The molecule has 182 valence electrons. The van der Waals surface area contributed by atoms with Gasteiger partial charge in [-0.05, 0) is 47.3 Å². The number of piperazine rings is 1. The van der Waals surface area contributed by atoms with Crippen molar-refractivity contribution in [1.82, 2.24) is 10.3 Å². The van der Waals surface area contributed by atoms with Crippen LogP contribution in [0.25, 0.3) is 0 Å². The Bertz CT molecular complexity index is 1140. The molecule has 0 aliphatic carbocycles. The van der Waals surface area contributed by atoms with Crippen molar-refractivity contribution in [3.8, 4) is 11.5 Å². The molecule has 0 spiro atoms. The van der Waals surface area contributed by atoms with Crippen LogP contribution < -0.4 is 19.8 Å². The number of thiophene rings is 1. The second kappa shape index (κ2) is 12.1. The number of carbonyl (C=O) groups is 2. The Morgan fingerprint density at radius 3 is 2.54 bits per heavy atom. The minimum absolute atomic E-state index is 0.139. The summed E-state index contributed by atoms with van der Waals surface area (Å²) in [4.78, 5) is 29.6. The van der Waals surface area contributed by atoms with Crippen LogP contribution in [0.5, 0.6) is 11.5 Å². The van der Waals surface area contributed by atoms with E-state index >= 15 is 0 Å². The van der Waals surface area contributed by atoms with Crippen LogP contribution in [0.3, 0.4) is 0 Å². The molecule has 1 aliphatic rings. The van der Waals surface area contributed by atoms with Crippen molar-refractivity contribution in [2.75, 3.05) is 44.7 Å². The van der Waals surface area contributed by atoms with Gasteiger partial charge in [0.25, 0.3) is 0 Å². The number of benzene rings is 2. The van der Waals surface area contributed by atoms with Crippen LogP contribution in [0, 0.1) is 0 Å². The fraction of sp³-hybridized carbons (Fsp3) is 0.269. The van der Waals surface area contributed by atoms with E-state index in [4.69, 9.17) is 9.47 Å². The number of carbonyl (C=O) groups excluding carboxylic acids is 2. The first kappa shape index (κ1) is 24.4. The highest BCUT2D eigenvalue weighted by Crippen LogP contribution is 2.28. The van der Waals surface area contributed by atoms with Gasteiger partial charge in [0, 0.05) is 44.8 Å². The molecule has 1 amide bonds. The predicted octanol–water partition coefficient (Wildman–Crippen LogP) is 3.64. The number of nitrogens with one attached hydrogen (secondary N) is 1. The summed E-state index contributed by atoms with van der Waals surface area (Å²) in [7, 11) is 1.50. The normalized spacial score (nSPS) is 14.1. The van der Waals surface area contributed by atoms with E-state index in [0.29, 0.717) is 34.9 Å². The number of para-hydroxylation sites is 1. The molecule has 0 bridgehead atoms. The molecule has 0 radical (unpaired) electrons. The van der Waals surface area contributed by atoms with Gasteiger partial charge in [0.15, 0.2) is 11.5 Å². The average Bonchev–Trinajstić information content (AvgIpc) is 3.44. The van der Waals surface area contributed by atoms with Crippen molar-refractivity contribution in [2.24, 2.45) is 5.10 Å². The Balaban J connectivity index is 1.21. The number of nitrogens with zero attached hydrogens (tertiary/aromatic N) is 3. The molecule has 35 heavy (non-hydrogen) atoms. The van der Waals surface area contributed by atoms with E-state index in [-0.39, 0.29) is 5.91 Å². The lowest BCUT2D eigenvalue weighted by Crippen LogP contribution is -2.47. The van der Waals surface area contributed by atoms with Crippen LogP contribution >= 0.6 is 11.3 Å². The summed E-state index contributed by atoms with van der Waals surface area (Å²) in [5.74, 6) is 0.146. The van der Waals surface area contributed by atoms with E-state index in [1.54, 1.807) is 30.3 Å². The zero-order valence-corrected chi connectivity index (χ0v) is 20.4. The van der Waals surface area contributed by atoms with Crippen LogP contribution in [-0.4, -0.2) is 62.8 Å². The van der Waals surface area contributed by atoms with Crippen LogP contribution in [0.4, 0.5) is 5.69 Å². The average molecular weight is 493 g/mol. The number of hydrazone groups is 1. The van der Waals surface area contributed by atoms with Gasteiger partial charge in [-0.15, -0.1) is 11.3 Å². The molecule has 4 rings (SSSR count). The lowest BCUT2D eigenvalue weighted by atomic mass is 10.2. The quantitative estimate of drug-likeness (QED) is 0.213. The lowest BCUT2D eigenvalue weighted by molar-refractivity contribution is -0.121. The van der Waals surface area contributed by atoms with E-state index in [1.165, 1.54) is 30.3 Å². The zero-order valence-electron chi connectivity index (χ0n) is 19.6. The van der Waals surface area contributed by atoms with Crippen molar-refractivity contribution in [3.05, 3.63) is 76.5 Å². The van der Waals surface area contributed by atoms with Crippen LogP contribution in [0.15, 0.2) is 71.1 Å². The maximum absolute atomic E-state index is 12.2. The standard InChI is InChI=1S/C26H28N4O4S/c1-33-23-18-20(9-10-22(23)34-26(32)24-8-5-17-35-24)19-27-28-25(31)11-12-29-13-15-30(16-14-29)21-6-3-2-4-7-21/h2-10,17-19H,11-16H2,1H3,(H,28,31). The minimum atomic E-state index is -0.437. The molecule has 2 heterocycles. The third-order valence-electron chi connectivity index (χ3n) is 5.66. The van der Waals surface area contributed by atoms with Gasteiger partial charge in [0.05, 0.1) is 13.3 Å². The number of hydrogen-bond donors (Lipinski definition) is 1. The summed E-state index contributed by atoms with van der Waals surface area (Å²) < 4.78 is 10.8. The summed E-state index contributed by atoms with van der Waals surface area (Å²) >= 11 is 1.31. The number of rotatable bonds is 9. The first-order chi connectivity index (χ1) is 17.1. The number of hydrogen-bond acceptors (Lipinski definition) is 8. The molecule has 9 heteroatoms. The van der Waals surface area contributed by atoms with Crippen LogP contribution in [-0.2, 0) is 4.79 Å². The maximum atomic E-state index is 12.2. The number of methoxy groups -OCH3 is 1. The van der Waals surface area contributed by atoms with E-state index in [9.17, 15) is 9.59 Å². The van der Waals surface area contributed by atoms with Crippen molar-refractivity contribution < 1.29 is 19.1 Å². The van der Waals surface area contributed by atoms with Crippen molar-refractivity contribution >= 4 is 35.1 Å². The monoisotopic (exact) mass is 492 g/mol. The molecular formula is C26H28N4O4S. The summed E-state index contributed by atoms with van der Waals surface area (Å²) in [6, 6.07) is 19.0. The van der Waals surface area contributed by atoms with E-state index in [2.05, 4.69) is 44.6 Å². The van der Waals surface area contributed by atoms with E-state index < -0.39 is 5.97 Å². The van der Waals surface area contributed by atoms with Gasteiger partial charge in [0.1, 0.15) is 4.88 Å². The largest absolute Gasteiger partial charge is 0.493 e. The Hall–Kier alpha value is -3.69. The molecule has 1 aromatic heterocycles. The summed E-state index contributed by atoms with van der Waals surface area (Å²) in [6.07, 6.45) is 1.91. The van der Waals surface area contributed by atoms with E-state index in [1.807, 2.05) is 11.4 Å². The highest BCUT2D eigenvalue weighted by molar-refractivity contribution is 7.12. The molecule has 1 saturated heterocycles. The molecular weight excluding hydrogens is 464 g/mol. The molecule has 3 aromatic rings. The molecule has 1 N–H and O–H groups in total. The van der Waals surface area contributed by atoms with Gasteiger partial charge in [-0.25, -0.2) is 10.2 Å².